The van der Waals surface area contributed by atoms with Gasteiger partial charge in [0.1, 0.15) is 0 Å². The van der Waals surface area contributed by atoms with Crippen LogP contribution in [0.25, 0.3) is 17.1 Å². The molecular weight excluding hydrogens is 472 g/mol. The molecule has 9 heteroatoms. The van der Waals surface area contributed by atoms with Gasteiger partial charge in [-0.1, -0.05) is 41.6 Å². The third-order valence-corrected chi connectivity index (χ3v) is 7.01. The second kappa shape index (κ2) is 9.94. The molecule has 0 saturated heterocycles. The van der Waals surface area contributed by atoms with E-state index in [1.807, 2.05) is 54.0 Å². The van der Waals surface area contributed by atoms with Crippen LogP contribution in [0.1, 0.15) is 24.5 Å². The molecule has 8 nitrogen and oxygen atoms in total. The molecule has 182 valence electrons. The largest absolute Gasteiger partial charge is 0.324 e. The maximum absolute atomic E-state index is 13.5. The van der Waals surface area contributed by atoms with E-state index in [9.17, 15) is 9.59 Å². The van der Waals surface area contributed by atoms with Crippen molar-refractivity contribution in [2.75, 3.05) is 16.0 Å². The Kier molecular flexibility index (Phi) is 6.56. The quantitative estimate of drug-likeness (QED) is 0.397. The van der Waals surface area contributed by atoms with Crippen LogP contribution in [0.15, 0.2) is 72.1 Å². The third-order valence-electron chi connectivity index (χ3n) is 6.10. The summed E-state index contributed by atoms with van der Waals surface area (Å²) in [6.07, 6.45) is 3.70. The number of thioether (sulfide) groups is 1. The molecule has 2 aromatic heterocycles. The molecule has 1 aliphatic rings. The predicted molar refractivity (Wildman–Crippen MR) is 141 cm³/mol. The van der Waals surface area contributed by atoms with E-state index in [1.54, 1.807) is 17.3 Å². The summed E-state index contributed by atoms with van der Waals surface area (Å²) in [5, 5.41) is 12.4. The summed E-state index contributed by atoms with van der Waals surface area (Å²) in [7, 11) is 0. The molecule has 36 heavy (non-hydrogen) atoms. The smallest absolute Gasteiger partial charge is 0.237 e. The molecule has 3 heterocycles. The molecule has 0 bridgehead atoms. The van der Waals surface area contributed by atoms with E-state index in [0.29, 0.717) is 22.4 Å². The lowest BCUT2D eigenvalue weighted by Gasteiger charge is -2.27. The third kappa shape index (κ3) is 4.61. The normalized spacial score (nSPS) is 15.2. The molecule has 5 rings (SSSR count). The highest BCUT2D eigenvalue weighted by molar-refractivity contribution is 7.99. The van der Waals surface area contributed by atoms with E-state index < -0.39 is 0 Å². The fraction of sp³-hybridized carbons (Fsp3) is 0.222. The van der Waals surface area contributed by atoms with Crippen LogP contribution in [0.5, 0.6) is 0 Å². The number of rotatable bonds is 5. The minimum atomic E-state index is -0.273. The van der Waals surface area contributed by atoms with Crippen LogP contribution in [0, 0.1) is 13.8 Å². The van der Waals surface area contributed by atoms with Crippen LogP contribution in [-0.4, -0.2) is 43.4 Å². The van der Waals surface area contributed by atoms with Gasteiger partial charge in [0.05, 0.1) is 22.8 Å². The van der Waals surface area contributed by atoms with Crippen molar-refractivity contribution in [3.05, 3.63) is 78.1 Å². The summed E-state index contributed by atoms with van der Waals surface area (Å²) in [5.74, 6) is 0.597. The highest BCUT2D eigenvalue weighted by atomic mass is 32.2. The number of hydrogen-bond acceptors (Lipinski definition) is 6. The number of carbonyl (C=O) groups is 2. The maximum Gasteiger partial charge on any atom is 0.237 e. The minimum Gasteiger partial charge on any atom is -0.324 e. The van der Waals surface area contributed by atoms with Crippen molar-refractivity contribution in [1.82, 2.24) is 19.7 Å². The van der Waals surface area contributed by atoms with Gasteiger partial charge in [0.15, 0.2) is 11.0 Å². The summed E-state index contributed by atoms with van der Waals surface area (Å²) >= 11 is 1.33. The fourth-order valence-corrected chi connectivity index (χ4v) is 5.29. The SMILES string of the molecule is Cc1ccc(-n2c(SCC(=O)N3c4ccccc4NC(=O)C[C@@H]3C)nnc2-c2cccnc2)c(C)c1. The number of para-hydroxylation sites is 2. The molecule has 2 aromatic carbocycles. The van der Waals surface area contributed by atoms with Gasteiger partial charge in [-0.15, -0.1) is 10.2 Å². The van der Waals surface area contributed by atoms with Gasteiger partial charge >= 0.3 is 0 Å². The first-order chi connectivity index (χ1) is 17.4. The first-order valence-corrected chi connectivity index (χ1v) is 12.7. The monoisotopic (exact) mass is 498 g/mol. The Morgan fingerprint density at radius 3 is 2.69 bits per heavy atom. The van der Waals surface area contributed by atoms with Gasteiger partial charge < -0.3 is 10.2 Å². The van der Waals surface area contributed by atoms with Gasteiger partial charge in [0.2, 0.25) is 11.8 Å². The lowest BCUT2D eigenvalue weighted by atomic mass is 10.1. The Labute approximate surface area is 213 Å². The number of nitrogens with one attached hydrogen (secondary N) is 1. The Hall–Kier alpha value is -3.98. The maximum atomic E-state index is 13.5. The minimum absolute atomic E-state index is 0.102. The van der Waals surface area contributed by atoms with E-state index >= 15 is 0 Å². The van der Waals surface area contributed by atoms with Crippen molar-refractivity contribution in [3.63, 3.8) is 0 Å². The first kappa shape index (κ1) is 23.7. The molecular formula is C27H26N6O2S. The van der Waals surface area contributed by atoms with E-state index in [0.717, 1.165) is 22.4 Å². The van der Waals surface area contributed by atoms with Crippen LogP contribution < -0.4 is 10.2 Å². The van der Waals surface area contributed by atoms with Crippen LogP contribution in [-0.2, 0) is 9.59 Å². The topological polar surface area (TPSA) is 93.0 Å². The lowest BCUT2D eigenvalue weighted by molar-refractivity contribution is -0.117. The molecule has 0 unspecified atom stereocenters. The molecule has 0 saturated carbocycles. The number of carbonyl (C=O) groups excluding carboxylic acids is 2. The standard InChI is InChI=1S/C27H26N6O2S/c1-17-10-11-22(18(2)13-17)33-26(20-7-6-12-28-15-20)30-31-27(33)36-16-25(35)32-19(3)14-24(34)29-21-8-4-5-9-23(21)32/h4-13,15,19H,14,16H2,1-3H3,(H,29,34)/t19-/m0/s1. The van der Waals surface area contributed by atoms with Gasteiger partial charge in [0.25, 0.3) is 0 Å². The van der Waals surface area contributed by atoms with Gasteiger partial charge in [-0.3, -0.25) is 19.1 Å². The van der Waals surface area contributed by atoms with Crippen LogP contribution >= 0.6 is 11.8 Å². The number of nitrogens with zero attached hydrogens (tertiary/aromatic N) is 5. The number of aromatic nitrogens is 4. The predicted octanol–water partition coefficient (Wildman–Crippen LogP) is 4.80. The fourth-order valence-electron chi connectivity index (χ4n) is 4.48. The molecule has 1 aliphatic heterocycles. The zero-order valence-electron chi connectivity index (χ0n) is 20.3. The highest BCUT2D eigenvalue weighted by Gasteiger charge is 2.30. The van der Waals surface area contributed by atoms with Gasteiger partial charge in [0, 0.05) is 30.4 Å². The molecule has 0 fully saturated rings. The zero-order chi connectivity index (χ0) is 25.2. The molecule has 0 spiro atoms. The van der Waals surface area contributed by atoms with E-state index in [-0.39, 0.29) is 30.0 Å². The summed E-state index contributed by atoms with van der Waals surface area (Å²) in [5.41, 5.74) is 5.36. The molecule has 4 aromatic rings. The number of anilines is 2. The lowest BCUT2D eigenvalue weighted by Crippen LogP contribution is -2.40. The van der Waals surface area contributed by atoms with Gasteiger partial charge in [-0.2, -0.15) is 0 Å². The van der Waals surface area contributed by atoms with Crippen molar-refractivity contribution < 1.29 is 9.59 Å². The van der Waals surface area contributed by atoms with Crippen molar-refractivity contribution in [2.45, 2.75) is 38.4 Å². The summed E-state index contributed by atoms with van der Waals surface area (Å²) in [4.78, 5) is 31.8. The summed E-state index contributed by atoms with van der Waals surface area (Å²) in [6, 6.07) is 17.1. The second-order valence-electron chi connectivity index (χ2n) is 8.84. The van der Waals surface area contributed by atoms with Crippen molar-refractivity contribution in [3.8, 4) is 17.1 Å². The van der Waals surface area contributed by atoms with Crippen LogP contribution in [0.2, 0.25) is 0 Å². The Morgan fingerprint density at radius 2 is 1.92 bits per heavy atom. The van der Waals surface area contributed by atoms with Gasteiger partial charge in [-0.05, 0) is 56.7 Å². The average Bonchev–Trinajstić information content (AvgIpc) is 3.22. The Balaban J connectivity index is 1.49. The number of hydrogen-bond donors (Lipinski definition) is 1. The average molecular weight is 499 g/mol. The number of aryl methyl sites for hydroxylation is 2. The molecule has 0 radical (unpaired) electrons. The van der Waals surface area contributed by atoms with Crippen LogP contribution in [0.3, 0.4) is 0 Å². The number of pyridine rings is 1. The van der Waals surface area contributed by atoms with Crippen molar-refractivity contribution in [1.29, 1.82) is 0 Å². The Morgan fingerprint density at radius 1 is 1.08 bits per heavy atom. The number of benzene rings is 2. The van der Waals surface area contributed by atoms with Crippen molar-refractivity contribution in [2.24, 2.45) is 0 Å². The van der Waals surface area contributed by atoms with E-state index in [4.69, 9.17) is 0 Å². The summed E-state index contributed by atoms with van der Waals surface area (Å²) in [6.45, 7) is 6.00. The molecule has 1 N–H and O–H groups in total. The summed E-state index contributed by atoms with van der Waals surface area (Å²) < 4.78 is 1.98. The molecule has 0 aliphatic carbocycles. The van der Waals surface area contributed by atoms with E-state index in [2.05, 4.69) is 46.5 Å². The zero-order valence-corrected chi connectivity index (χ0v) is 21.1. The van der Waals surface area contributed by atoms with Crippen LogP contribution in [0.4, 0.5) is 11.4 Å². The highest BCUT2D eigenvalue weighted by Crippen LogP contribution is 2.33. The van der Waals surface area contributed by atoms with E-state index in [1.165, 1.54) is 11.8 Å². The number of amides is 2. The first-order valence-electron chi connectivity index (χ1n) is 11.7. The second-order valence-corrected chi connectivity index (χ2v) is 9.79. The van der Waals surface area contributed by atoms with Crippen molar-refractivity contribution >= 4 is 35.0 Å². The number of fused-ring (bicyclic) bond motifs is 1. The van der Waals surface area contributed by atoms with Gasteiger partial charge in [-0.25, -0.2) is 0 Å². The molecule has 1 atom stereocenters. The Bertz CT molecular complexity index is 1440. The molecule has 2 amide bonds.